The van der Waals surface area contributed by atoms with Crippen LogP contribution in [-0.2, 0) is 0 Å². The normalized spacial score (nSPS) is 14.8. The summed E-state index contributed by atoms with van der Waals surface area (Å²) in [6.07, 6.45) is 4.33. The molecule has 0 aliphatic heterocycles. The molecule has 5 nitrogen and oxygen atoms in total. The summed E-state index contributed by atoms with van der Waals surface area (Å²) in [6, 6.07) is 5.41. The van der Waals surface area contributed by atoms with Crippen LogP contribution in [0.15, 0.2) is 18.2 Å². The highest BCUT2D eigenvalue weighted by Gasteiger charge is 2.23. The fraction of sp³-hybridized carbons (Fsp3) is 0.375. The number of benzene rings is 1. The van der Waals surface area contributed by atoms with Crippen LogP contribution in [0.5, 0.6) is 5.75 Å². The fourth-order valence-corrected chi connectivity index (χ4v) is 4.36. The number of nitrogens with one attached hydrogen (secondary N) is 1. The second-order valence-corrected chi connectivity index (χ2v) is 7.77. The average Bonchev–Trinajstić information content (AvgIpc) is 3.15. The van der Waals surface area contributed by atoms with E-state index in [0.717, 1.165) is 25.7 Å². The summed E-state index contributed by atoms with van der Waals surface area (Å²) in [6.45, 7) is 0. The molecule has 0 spiro atoms. The molecule has 0 bridgehead atoms. The SMILES string of the molecule is COc1ccc(Cl)cc1-n1c(N)c(C(=O)NC2CCCC2)sc1=S. The molecular formula is C16H18ClN3O2S2. The summed E-state index contributed by atoms with van der Waals surface area (Å²) in [7, 11) is 1.56. The molecule has 1 heterocycles. The van der Waals surface area contributed by atoms with Crippen LogP contribution in [0, 0.1) is 3.95 Å². The summed E-state index contributed by atoms with van der Waals surface area (Å²) in [5, 5.41) is 3.58. The Kier molecular flexibility index (Phi) is 5.12. The fourth-order valence-electron chi connectivity index (χ4n) is 2.93. The molecule has 1 amide bonds. The predicted molar refractivity (Wildman–Crippen MR) is 100 cm³/mol. The van der Waals surface area contributed by atoms with Crippen molar-refractivity contribution >= 4 is 46.9 Å². The van der Waals surface area contributed by atoms with E-state index in [9.17, 15) is 4.79 Å². The number of carbonyl (C=O) groups excluding carboxylic acids is 1. The third-order valence-electron chi connectivity index (χ3n) is 4.12. The monoisotopic (exact) mass is 383 g/mol. The minimum atomic E-state index is -0.171. The van der Waals surface area contributed by atoms with Crippen LogP contribution in [0.2, 0.25) is 5.02 Å². The summed E-state index contributed by atoms with van der Waals surface area (Å²) >= 11 is 12.7. The Morgan fingerprint density at radius 2 is 2.17 bits per heavy atom. The van der Waals surface area contributed by atoms with Gasteiger partial charge in [-0.05, 0) is 43.3 Å². The first-order chi connectivity index (χ1) is 11.5. The number of hydrogen-bond donors (Lipinski definition) is 2. The van der Waals surface area contributed by atoms with Gasteiger partial charge in [0, 0.05) is 11.1 Å². The zero-order chi connectivity index (χ0) is 17.3. The summed E-state index contributed by atoms with van der Waals surface area (Å²) in [5.74, 6) is 0.721. The summed E-state index contributed by atoms with van der Waals surface area (Å²) in [4.78, 5) is 13.0. The molecule has 1 aliphatic rings. The Hall–Kier alpha value is -1.57. The molecule has 3 N–H and O–H groups in total. The van der Waals surface area contributed by atoms with E-state index in [1.54, 1.807) is 29.9 Å². The highest BCUT2D eigenvalue weighted by atomic mass is 35.5. The number of rotatable bonds is 4. The van der Waals surface area contributed by atoms with E-state index in [1.165, 1.54) is 11.3 Å². The van der Waals surface area contributed by atoms with Crippen molar-refractivity contribution in [2.75, 3.05) is 12.8 Å². The number of ether oxygens (including phenoxy) is 1. The number of nitrogens with zero attached hydrogens (tertiary/aromatic N) is 1. The Labute approximate surface area is 154 Å². The van der Waals surface area contributed by atoms with Gasteiger partial charge in [-0.15, -0.1) is 0 Å². The second kappa shape index (κ2) is 7.13. The van der Waals surface area contributed by atoms with Gasteiger partial charge >= 0.3 is 0 Å². The van der Waals surface area contributed by atoms with Gasteiger partial charge in [-0.2, -0.15) is 0 Å². The molecule has 0 atom stereocenters. The lowest BCUT2D eigenvalue weighted by Crippen LogP contribution is -2.32. The molecular weight excluding hydrogens is 366 g/mol. The molecule has 0 saturated heterocycles. The molecule has 1 aromatic carbocycles. The number of nitrogen functional groups attached to an aromatic ring is 1. The number of aromatic nitrogens is 1. The average molecular weight is 384 g/mol. The third-order valence-corrected chi connectivity index (χ3v) is 5.75. The topological polar surface area (TPSA) is 69.3 Å². The molecule has 3 rings (SSSR count). The molecule has 2 aromatic rings. The van der Waals surface area contributed by atoms with E-state index in [-0.39, 0.29) is 11.9 Å². The van der Waals surface area contributed by atoms with Gasteiger partial charge in [0.25, 0.3) is 5.91 Å². The van der Waals surface area contributed by atoms with E-state index in [1.807, 2.05) is 0 Å². The lowest BCUT2D eigenvalue weighted by molar-refractivity contribution is 0.0942. The van der Waals surface area contributed by atoms with Crippen molar-refractivity contribution in [3.63, 3.8) is 0 Å². The lowest BCUT2D eigenvalue weighted by Gasteiger charge is -2.13. The van der Waals surface area contributed by atoms with Gasteiger partial charge in [0.2, 0.25) is 0 Å². The third kappa shape index (κ3) is 3.29. The van der Waals surface area contributed by atoms with E-state index in [4.69, 9.17) is 34.3 Å². The first-order valence-corrected chi connectivity index (χ1v) is 9.27. The first-order valence-electron chi connectivity index (χ1n) is 7.67. The number of methoxy groups -OCH3 is 1. The van der Waals surface area contributed by atoms with E-state index >= 15 is 0 Å². The van der Waals surface area contributed by atoms with Crippen LogP contribution in [0.3, 0.4) is 0 Å². The van der Waals surface area contributed by atoms with Crippen molar-refractivity contribution in [3.05, 3.63) is 32.1 Å². The highest BCUT2D eigenvalue weighted by molar-refractivity contribution is 7.73. The molecule has 1 aliphatic carbocycles. The quantitative estimate of drug-likeness (QED) is 0.777. The maximum atomic E-state index is 12.5. The second-order valence-electron chi connectivity index (χ2n) is 5.69. The lowest BCUT2D eigenvalue weighted by atomic mass is 10.2. The van der Waals surface area contributed by atoms with Crippen molar-refractivity contribution in [1.82, 2.24) is 9.88 Å². The van der Waals surface area contributed by atoms with Crippen LogP contribution >= 0.6 is 35.2 Å². The maximum absolute atomic E-state index is 12.5. The summed E-state index contributed by atoms with van der Waals surface area (Å²) in [5.41, 5.74) is 6.86. The van der Waals surface area contributed by atoms with Crippen molar-refractivity contribution in [2.45, 2.75) is 31.7 Å². The smallest absolute Gasteiger partial charge is 0.265 e. The number of nitrogens with two attached hydrogens (primary N) is 1. The van der Waals surface area contributed by atoms with Crippen LogP contribution < -0.4 is 15.8 Å². The van der Waals surface area contributed by atoms with Gasteiger partial charge in [-0.1, -0.05) is 35.8 Å². The van der Waals surface area contributed by atoms with Crippen molar-refractivity contribution < 1.29 is 9.53 Å². The standard InChI is InChI=1S/C16H18ClN3O2S2/c1-22-12-7-6-9(17)8-11(12)20-14(18)13(24-16(20)23)15(21)19-10-4-2-3-5-10/h6-8,10H,2-5,18H2,1H3,(H,19,21). The largest absolute Gasteiger partial charge is 0.495 e. The molecule has 1 saturated carbocycles. The van der Waals surface area contributed by atoms with Crippen LogP contribution in [0.4, 0.5) is 5.82 Å². The number of carbonyl (C=O) groups is 1. The zero-order valence-corrected chi connectivity index (χ0v) is 15.6. The van der Waals surface area contributed by atoms with Gasteiger partial charge in [-0.3, -0.25) is 9.36 Å². The van der Waals surface area contributed by atoms with E-state index < -0.39 is 0 Å². The van der Waals surface area contributed by atoms with Crippen molar-refractivity contribution in [1.29, 1.82) is 0 Å². The van der Waals surface area contributed by atoms with Gasteiger partial charge in [0.1, 0.15) is 16.4 Å². The van der Waals surface area contributed by atoms with Crippen LogP contribution in [0.25, 0.3) is 5.69 Å². The Balaban J connectivity index is 1.99. The van der Waals surface area contributed by atoms with Gasteiger partial charge in [-0.25, -0.2) is 0 Å². The molecule has 0 unspecified atom stereocenters. The van der Waals surface area contributed by atoms with Gasteiger partial charge in [0.15, 0.2) is 3.95 Å². The minimum absolute atomic E-state index is 0.171. The minimum Gasteiger partial charge on any atom is -0.495 e. The first kappa shape index (κ1) is 17.3. The molecule has 0 radical (unpaired) electrons. The number of thiazole rings is 1. The highest BCUT2D eigenvalue weighted by Crippen LogP contribution is 2.33. The summed E-state index contributed by atoms with van der Waals surface area (Å²) < 4.78 is 7.47. The van der Waals surface area contributed by atoms with Crippen molar-refractivity contribution in [2.24, 2.45) is 0 Å². The van der Waals surface area contributed by atoms with Gasteiger partial charge in [0.05, 0.1) is 12.8 Å². The van der Waals surface area contributed by atoms with E-state index in [0.29, 0.717) is 31.1 Å². The Bertz CT molecular complexity index is 825. The Morgan fingerprint density at radius 3 is 2.83 bits per heavy atom. The molecule has 8 heteroatoms. The van der Waals surface area contributed by atoms with Crippen LogP contribution in [-0.4, -0.2) is 23.6 Å². The number of halogens is 1. The molecule has 1 fully saturated rings. The number of anilines is 1. The van der Waals surface area contributed by atoms with Crippen LogP contribution in [0.1, 0.15) is 35.4 Å². The predicted octanol–water partition coefficient (Wildman–Crippen LogP) is 4.18. The van der Waals surface area contributed by atoms with E-state index in [2.05, 4.69) is 5.32 Å². The van der Waals surface area contributed by atoms with Crippen molar-refractivity contribution in [3.8, 4) is 11.4 Å². The number of amides is 1. The molecule has 1 aromatic heterocycles. The van der Waals surface area contributed by atoms with Gasteiger partial charge < -0.3 is 15.8 Å². The zero-order valence-electron chi connectivity index (χ0n) is 13.2. The number of hydrogen-bond acceptors (Lipinski definition) is 5. The Morgan fingerprint density at radius 1 is 1.46 bits per heavy atom. The molecule has 24 heavy (non-hydrogen) atoms. The molecule has 128 valence electrons. The maximum Gasteiger partial charge on any atom is 0.265 e.